The van der Waals surface area contributed by atoms with Gasteiger partial charge in [-0.1, -0.05) is 0 Å². The molecule has 0 aromatic rings. The molecule has 1 N–H and O–H groups in total. The second kappa shape index (κ2) is 9.25. The average Bonchev–Trinajstić information content (AvgIpc) is 2.02. The van der Waals surface area contributed by atoms with Crippen LogP contribution < -0.4 is 10.2 Å². The maximum atomic E-state index is 10.5. The van der Waals surface area contributed by atoms with Crippen LogP contribution >= 0.6 is 0 Å². The SMILES string of the molecule is O=C([O-])CC(O)(CC(=O)O[S-])C(=O)[O-].[Bi+3].[LiH]. The standard InChI is InChI=1S/C6H8O7S.Bi.Li.H/c7-3(8)1-6(12,5(10)11)2-4(9)13-14;;;/h12,14H,1-2H2,(H,7,8)(H,10,11);;;/q;+3;;/p-3. The third kappa shape index (κ3) is 7.47. The Morgan fingerprint density at radius 2 is 1.69 bits per heavy atom. The van der Waals surface area contributed by atoms with Gasteiger partial charge in [0.1, 0.15) is 5.60 Å². The number of carbonyl (C=O) groups is 3. The molecule has 2 radical (unpaired) electrons. The molecular formula is C6H6BiLiO7S. The monoisotopic (exact) mass is 438 g/mol. The van der Waals surface area contributed by atoms with Crippen molar-refractivity contribution in [1.82, 2.24) is 0 Å². The third-order valence-electron chi connectivity index (χ3n) is 1.35. The first-order valence-corrected chi connectivity index (χ1v) is 3.61. The Kier molecular flexibility index (Phi) is 12.4. The number of rotatable bonds is 5. The maximum absolute atomic E-state index is 10.5. The number of aliphatic hydroxyl groups is 1. The molecule has 7 nitrogen and oxygen atoms in total. The molecule has 0 amide bonds. The number of aliphatic carboxylic acids is 2. The van der Waals surface area contributed by atoms with Crippen LogP contribution in [0.4, 0.5) is 0 Å². The van der Waals surface area contributed by atoms with Gasteiger partial charge in [-0.15, -0.1) is 0 Å². The molecule has 0 aliphatic rings. The van der Waals surface area contributed by atoms with Crippen LogP contribution in [0.1, 0.15) is 12.8 Å². The molecule has 0 aliphatic heterocycles. The van der Waals surface area contributed by atoms with E-state index in [1.807, 2.05) is 0 Å². The molecule has 0 rings (SSSR count). The Morgan fingerprint density at radius 1 is 1.25 bits per heavy atom. The summed E-state index contributed by atoms with van der Waals surface area (Å²) in [5, 5.41) is 29.5. The van der Waals surface area contributed by atoms with Gasteiger partial charge in [0.2, 0.25) is 0 Å². The summed E-state index contributed by atoms with van der Waals surface area (Å²) in [7, 11) is 0. The van der Waals surface area contributed by atoms with E-state index < -0.39 is 36.4 Å². The van der Waals surface area contributed by atoms with Crippen LogP contribution in [0, 0.1) is 0 Å². The van der Waals surface area contributed by atoms with E-state index in [1.54, 1.807) is 0 Å². The summed E-state index contributed by atoms with van der Waals surface area (Å²) in [5.41, 5.74) is -2.85. The molecule has 0 aromatic carbocycles. The molecule has 0 saturated carbocycles. The molecular weight excluding hydrogens is 432 g/mol. The van der Waals surface area contributed by atoms with Gasteiger partial charge in [-0.05, 0) is 0 Å². The van der Waals surface area contributed by atoms with Crippen molar-refractivity contribution in [3.8, 4) is 0 Å². The molecule has 0 aromatic heterocycles. The predicted octanol–water partition coefficient (Wildman–Crippen LogP) is -5.03. The molecule has 0 bridgehead atoms. The van der Waals surface area contributed by atoms with Crippen molar-refractivity contribution >= 4 is 75.9 Å². The summed E-state index contributed by atoms with van der Waals surface area (Å²) in [6.07, 6.45) is -2.38. The van der Waals surface area contributed by atoms with Gasteiger partial charge in [-0.2, -0.15) is 0 Å². The van der Waals surface area contributed by atoms with Crippen LogP contribution in [-0.4, -0.2) is 73.7 Å². The van der Waals surface area contributed by atoms with E-state index >= 15 is 0 Å². The topological polar surface area (TPSA) is 127 Å². The van der Waals surface area contributed by atoms with E-state index in [0.29, 0.717) is 0 Å². The number of carbonyl (C=O) groups excluding carboxylic acids is 3. The number of carboxylic acid groups (broad SMARTS) is 2. The van der Waals surface area contributed by atoms with Gasteiger partial charge in [-0.3, -0.25) is 4.79 Å². The molecule has 0 fully saturated rings. The summed E-state index contributed by atoms with van der Waals surface area (Å²) in [5.74, 6) is -5.19. The van der Waals surface area contributed by atoms with Gasteiger partial charge in [0, 0.05) is 12.4 Å². The van der Waals surface area contributed by atoms with E-state index in [2.05, 4.69) is 17.1 Å². The van der Waals surface area contributed by atoms with E-state index in [9.17, 15) is 24.6 Å². The minimum absolute atomic E-state index is 0. The average molecular weight is 438 g/mol. The Labute approximate surface area is 127 Å². The first kappa shape index (κ1) is 21.5. The van der Waals surface area contributed by atoms with Crippen LogP contribution in [0.15, 0.2) is 0 Å². The predicted molar refractivity (Wildman–Crippen MR) is 50.6 cm³/mol. The van der Waals surface area contributed by atoms with Crippen LogP contribution in [-0.2, 0) is 31.5 Å². The van der Waals surface area contributed by atoms with Crippen molar-refractivity contribution in [1.29, 1.82) is 0 Å². The Morgan fingerprint density at radius 3 is 1.94 bits per heavy atom. The molecule has 0 saturated heterocycles. The van der Waals surface area contributed by atoms with Crippen molar-refractivity contribution in [2.45, 2.75) is 18.4 Å². The number of carboxylic acids is 2. The van der Waals surface area contributed by atoms with Gasteiger partial charge >= 0.3 is 45.1 Å². The van der Waals surface area contributed by atoms with Crippen LogP contribution in [0.5, 0.6) is 0 Å². The molecule has 0 heterocycles. The van der Waals surface area contributed by atoms with Crippen molar-refractivity contribution in [3.05, 3.63) is 0 Å². The zero-order chi connectivity index (χ0) is 11.4. The molecule has 1 unspecified atom stereocenters. The first-order chi connectivity index (χ1) is 6.31. The first-order valence-electron chi connectivity index (χ1n) is 3.28. The summed E-state index contributed by atoms with van der Waals surface area (Å²) in [6, 6.07) is 0. The van der Waals surface area contributed by atoms with Crippen LogP contribution in [0.25, 0.3) is 0 Å². The van der Waals surface area contributed by atoms with E-state index in [4.69, 9.17) is 5.11 Å². The summed E-state index contributed by atoms with van der Waals surface area (Å²) in [4.78, 5) is 30.9. The van der Waals surface area contributed by atoms with Gasteiger partial charge in [0.25, 0.3) is 5.97 Å². The fourth-order valence-electron chi connectivity index (χ4n) is 0.714. The second-order valence-electron chi connectivity index (χ2n) is 2.50. The number of hydrogen-bond donors (Lipinski definition) is 1. The van der Waals surface area contributed by atoms with E-state index in [1.165, 1.54) is 0 Å². The van der Waals surface area contributed by atoms with Gasteiger partial charge in [0.15, 0.2) is 0 Å². The Balaban J connectivity index is -0.000000845. The van der Waals surface area contributed by atoms with Crippen molar-refractivity contribution in [2.75, 3.05) is 0 Å². The van der Waals surface area contributed by atoms with Gasteiger partial charge in [0.05, 0.1) is 12.4 Å². The molecule has 0 spiro atoms. The molecule has 16 heavy (non-hydrogen) atoms. The zero-order valence-corrected chi connectivity index (χ0v) is 11.5. The van der Waals surface area contributed by atoms with Crippen LogP contribution in [0.3, 0.4) is 0 Å². The second-order valence-corrected chi connectivity index (χ2v) is 2.67. The molecule has 10 heteroatoms. The van der Waals surface area contributed by atoms with Gasteiger partial charge in [-0.25, -0.2) is 0 Å². The van der Waals surface area contributed by atoms with Crippen molar-refractivity contribution in [3.63, 3.8) is 0 Å². The Bertz CT molecular complexity index is 274. The summed E-state index contributed by atoms with van der Waals surface area (Å²) >= 11 is 3.81. The normalized spacial score (nSPS) is 12.4. The quantitative estimate of drug-likeness (QED) is 0.334. The summed E-state index contributed by atoms with van der Waals surface area (Å²) in [6.45, 7) is 0. The fourth-order valence-corrected chi connectivity index (χ4v) is 0.773. The fraction of sp³-hybridized carbons (Fsp3) is 0.500. The van der Waals surface area contributed by atoms with Gasteiger partial charge < -0.3 is 42.0 Å². The summed E-state index contributed by atoms with van der Waals surface area (Å²) < 4.78 is 3.66. The zero-order valence-electron chi connectivity index (χ0n) is 7.17. The third-order valence-corrected chi connectivity index (χ3v) is 1.53. The van der Waals surface area contributed by atoms with E-state index in [0.717, 1.165) is 0 Å². The Hall–Kier alpha value is 0.201. The minimum atomic E-state index is -2.85. The van der Waals surface area contributed by atoms with E-state index in [-0.39, 0.29) is 45.1 Å². The van der Waals surface area contributed by atoms with Crippen molar-refractivity contribution in [2.24, 2.45) is 0 Å². The van der Waals surface area contributed by atoms with Crippen molar-refractivity contribution < 1.29 is 33.9 Å². The number of hydrogen-bond acceptors (Lipinski definition) is 8. The van der Waals surface area contributed by atoms with Crippen LogP contribution in [0.2, 0.25) is 0 Å². The molecule has 1 atom stereocenters. The molecule has 84 valence electrons. The molecule has 0 aliphatic carbocycles.